The van der Waals surface area contributed by atoms with E-state index < -0.39 is 11.6 Å². The van der Waals surface area contributed by atoms with E-state index in [4.69, 9.17) is 4.98 Å². The number of aryl methyl sites for hydroxylation is 2. The highest BCUT2D eigenvalue weighted by Gasteiger charge is 2.21. The lowest BCUT2D eigenvalue weighted by atomic mass is 10.1. The van der Waals surface area contributed by atoms with Crippen molar-refractivity contribution in [1.82, 2.24) is 19.5 Å². The van der Waals surface area contributed by atoms with Gasteiger partial charge in [0.25, 0.3) is 5.56 Å². The first-order valence-electron chi connectivity index (χ1n) is 11.0. The molecular weight excluding hydrogens is 463 g/mol. The molecule has 35 heavy (non-hydrogen) atoms. The van der Waals surface area contributed by atoms with Crippen molar-refractivity contribution in [3.8, 4) is 38.1 Å². The summed E-state index contributed by atoms with van der Waals surface area (Å²) >= 11 is 1.43. The van der Waals surface area contributed by atoms with E-state index in [1.165, 1.54) is 28.0 Å². The predicted molar refractivity (Wildman–Crippen MR) is 135 cm³/mol. The summed E-state index contributed by atoms with van der Waals surface area (Å²) in [5, 5.41) is 10.4. The van der Waals surface area contributed by atoms with Crippen LogP contribution in [0, 0.1) is 12.7 Å². The minimum Gasteiger partial charge on any atom is -0.504 e. The van der Waals surface area contributed by atoms with Crippen molar-refractivity contribution in [2.24, 2.45) is 0 Å². The molecule has 1 N–H and O–H groups in total. The molecule has 6 nitrogen and oxygen atoms in total. The SMILES string of the molecule is Cc1nc(-c2cccc(F)c2O)n(CCc2ccccc2)c(=O)c1-c1ccc(-c2cnccn2)s1. The summed E-state index contributed by atoms with van der Waals surface area (Å²) in [4.78, 5) is 28.7. The largest absolute Gasteiger partial charge is 0.504 e. The molecule has 8 heteroatoms. The third kappa shape index (κ3) is 4.48. The molecule has 174 valence electrons. The second-order valence-electron chi connectivity index (χ2n) is 7.98. The average molecular weight is 485 g/mol. The van der Waals surface area contributed by atoms with Crippen LogP contribution in [0.2, 0.25) is 0 Å². The van der Waals surface area contributed by atoms with Crippen LogP contribution in [-0.4, -0.2) is 24.6 Å². The van der Waals surface area contributed by atoms with Gasteiger partial charge in [-0.2, -0.15) is 0 Å². The van der Waals surface area contributed by atoms with E-state index in [0.717, 1.165) is 21.0 Å². The summed E-state index contributed by atoms with van der Waals surface area (Å²) < 4.78 is 15.7. The van der Waals surface area contributed by atoms with E-state index in [0.29, 0.717) is 24.2 Å². The van der Waals surface area contributed by atoms with Crippen molar-refractivity contribution >= 4 is 11.3 Å². The summed E-state index contributed by atoms with van der Waals surface area (Å²) in [6.45, 7) is 2.07. The van der Waals surface area contributed by atoms with Gasteiger partial charge in [0.05, 0.1) is 33.6 Å². The molecule has 0 aliphatic rings. The van der Waals surface area contributed by atoms with E-state index in [-0.39, 0.29) is 16.9 Å². The van der Waals surface area contributed by atoms with Crippen LogP contribution in [0.3, 0.4) is 0 Å². The summed E-state index contributed by atoms with van der Waals surface area (Å²) in [6.07, 6.45) is 5.48. The Balaban J connectivity index is 1.65. The van der Waals surface area contributed by atoms with Crippen molar-refractivity contribution in [2.45, 2.75) is 19.9 Å². The number of benzene rings is 2. The zero-order valence-corrected chi connectivity index (χ0v) is 19.7. The van der Waals surface area contributed by atoms with E-state index in [2.05, 4.69) is 9.97 Å². The van der Waals surface area contributed by atoms with Gasteiger partial charge in [0.1, 0.15) is 5.82 Å². The van der Waals surface area contributed by atoms with Crippen LogP contribution in [0.25, 0.3) is 32.4 Å². The molecule has 0 saturated heterocycles. The van der Waals surface area contributed by atoms with Crippen LogP contribution in [-0.2, 0) is 13.0 Å². The van der Waals surface area contributed by atoms with Crippen LogP contribution in [0.5, 0.6) is 5.75 Å². The van der Waals surface area contributed by atoms with Gasteiger partial charge in [-0.15, -0.1) is 11.3 Å². The zero-order valence-electron chi connectivity index (χ0n) is 18.9. The Morgan fingerprint density at radius 2 is 1.80 bits per heavy atom. The third-order valence-corrected chi connectivity index (χ3v) is 6.84. The van der Waals surface area contributed by atoms with Crippen molar-refractivity contribution in [1.29, 1.82) is 0 Å². The molecule has 0 bridgehead atoms. The second kappa shape index (κ2) is 9.60. The van der Waals surface area contributed by atoms with Crippen molar-refractivity contribution in [3.05, 3.63) is 107 Å². The normalized spacial score (nSPS) is 11.0. The fraction of sp³-hybridized carbons (Fsp3) is 0.111. The number of aromatic nitrogens is 4. The van der Waals surface area contributed by atoms with Gasteiger partial charge in [-0.25, -0.2) is 9.37 Å². The van der Waals surface area contributed by atoms with Gasteiger partial charge in [0.15, 0.2) is 11.6 Å². The Kier molecular flexibility index (Phi) is 6.20. The van der Waals surface area contributed by atoms with Crippen LogP contribution in [0.4, 0.5) is 4.39 Å². The van der Waals surface area contributed by atoms with Crippen molar-refractivity contribution in [3.63, 3.8) is 0 Å². The molecule has 0 spiro atoms. The number of nitrogens with zero attached hydrogens (tertiary/aromatic N) is 4. The number of para-hydroxylation sites is 1. The molecule has 0 aliphatic carbocycles. The second-order valence-corrected chi connectivity index (χ2v) is 9.06. The molecule has 5 rings (SSSR count). The number of halogens is 1. The monoisotopic (exact) mass is 484 g/mol. The molecule has 0 radical (unpaired) electrons. The molecule has 0 fully saturated rings. The molecule has 0 aliphatic heterocycles. The summed E-state index contributed by atoms with van der Waals surface area (Å²) in [5.74, 6) is -1.06. The summed E-state index contributed by atoms with van der Waals surface area (Å²) in [6, 6.07) is 17.8. The maximum Gasteiger partial charge on any atom is 0.262 e. The summed E-state index contributed by atoms with van der Waals surface area (Å²) in [5.41, 5.74) is 2.67. The zero-order chi connectivity index (χ0) is 24.4. The molecule has 3 heterocycles. The first-order chi connectivity index (χ1) is 17.0. The topological polar surface area (TPSA) is 80.9 Å². The van der Waals surface area contributed by atoms with Crippen molar-refractivity contribution < 1.29 is 9.50 Å². The Morgan fingerprint density at radius 1 is 1.00 bits per heavy atom. The number of phenolic OH excluding ortho intramolecular Hbond substituents is 1. The number of hydrogen-bond donors (Lipinski definition) is 1. The Morgan fingerprint density at radius 3 is 2.57 bits per heavy atom. The van der Waals surface area contributed by atoms with Crippen molar-refractivity contribution in [2.75, 3.05) is 0 Å². The smallest absolute Gasteiger partial charge is 0.262 e. The number of aromatic hydroxyl groups is 1. The number of rotatable bonds is 6. The number of thiophene rings is 1. The fourth-order valence-electron chi connectivity index (χ4n) is 3.98. The minimum absolute atomic E-state index is 0.177. The van der Waals surface area contributed by atoms with E-state index in [1.807, 2.05) is 42.5 Å². The van der Waals surface area contributed by atoms with E-state index >= 15 is 0 Å². The summed E-state index contributed by atoms with van der Waals surface area (Å²) in [7, 11) is 0. The lowest BCUT2D eigenvalue weighted by Gasteiger charge is -2.16. The minimum atomic E-state index is -0.764. The Hall–Kier alpha value is -4.17. The maximum absolute atomic E-state index is 14.2. The number of phenols is 1. The Labute approximate surface area is 205 Å². The van der Waals surface area contributed by atoms with E-state index in [9.17, 15) is 14.3 Å². The quantitative estimate of drug-likeness (QED) is 0.345. The fourth-order valence-corrected chi connectivity index (χ4v) is 5.03. The van der Waals surface area contributed by atoms with Gasteiger partial charge >= 0.3 is 0 Å². The molecule has 0 amide bonds. The van der Waals surface area contributed by atoms with Gasteiger partial charge < -0.3 is 5.11 Å². The average Bonchev–Trinajstić information content (AvgIpc) is 3.36. The molecule has 0 saturated carbocycles. The molecule has 3 aromatic heterocycles. The highest BCUT2D eigenvalue weighted by atomic mass is 32.1. The Bertz CT molecular complexity index is 1550. The first kappa shape index (κ1) is 22.6. The predicted octanol–water partition coefficient (Wildman–Crippen LogP) is 5.49. The maximum atomic E-state index is 14.2. The van der Waals surface area contributed by atoms with Crippen LogP contribution >= 0.6 is 11.3 Å². The molecular formula is C27H21FN4O2S. The van der Waals surface area contributed by atoms with Gasteiger partial charge in [0.2, 0.25) is 0 Å². The van der Waals surface area contributed by atoms with Crippen LogP contribution in [0.1, 0.15) is 11.3 Å². The lowest BCUT2D eigenvalue weighted by molar-refractivity contribution is 0.433. The van der Waals surface area contributed by atoms with Gasteiger partial charge in [-0.3, -0.25) is 19.3 Å². The molecule has 5 aromatic rings. The van der Waals surface area contributed by atoms with Gasteiger partial charge in [-0.05, 0) is 43.2 Å². The third-order valence-electron chi connectivity index (χ3n) is 5.71. The highest BCUT2D eigenvalue weighted by Crippen LogP contribution is 2.35. The first-order valence-corrected chi connectivity index (χ1v) is 11.8. The standard InChI is InChI=1S/C27H21FN4O2S/c1-17-24(23-11-10-22(35-23)21-16-29-13-14-30-21)27(34)32(15-12-18-6-3-2-4-7-18)26(31-17)19-8-5-9-20(28)25(19)33/h2-11,13-14,16,33H,12,15H2,1H3. The van der Waals surface area contributed by atoms with Crippen LogP contribution in [0.15, 0.2) is 84.0 Å². The molecule has 2 aromatic carbocycles. The molecule has 0 atom stereocenters. The van der Waals surface area contributed by atoms with Gasteiger partial charge in [-0.1, -0.05) is 36.4 Å². The molecule has 0 unspecified atom stereocenters. The number of hydrogen-bond acceptors (Lipinski definition) is 6. The van der Waals surface area contributed by atoms with Gasteiger partial charge in [0, 0.05) is 23.8 Å². The van der Waals surface area contributed by atoms with Crippen LogP contribution < -0.4 is 5.56 Å². The lowest BCUT2D eigenvalue weighted by Crippen LogP contribution is -2.27. The highest BCUT2D eigenvalue weighted by molar-refractivity contribution is 7.18. The van der Waals surface area contributed by atoms with E-state index in [1.54, 1.807) is 31.6 Å².